The van der Waals surface area contributed by atoms with Gasteiger partial charge in [-0.15, -0.1) is 0 Å². The van der Waals surface area contributed by atoms with Gasteiger partial charge in [-0.05, 0) is 62.1 Å². The number of aryl methyl sites for hydroxylation is 1. The number of phosphoric ester groups is 1. The largest absolute Gasteiger partial charge is 0.493 e. The molecule has 3 rings (SSSR count). The third kappa shape index (κ3) is 9.12. The standard InChI is InChI=1S/C23H26F6N3O5PS/c1-21(30,13-37-38(33,34)35)20-32-31-19(39-20)15-7-10-18(17(12-15)23(27,28)29)36-11-3-2-4-14-5-8-16(9-6-14)22(24,25)26/h5-10,12,20,32H,2-4,11,13,30H2,1H3,(H2,33,34,35)/t20?,21-/m0/s1. The number of halogens is 6. The van der Waals surface area contributed by atoms with Gasteiger partial charge in [0.1, 0.15) is 16.2 Å². The first-order chi connectivity index (χ1) is 18.0. The van der Waals surface area contributed by atoms with E-state index < -0.39 is 48.8 Å². The van der Waals surface area contributed by atoms with Gasteiger partial charge in [0.25, 0.3) is 0 Å². The average Bonchev–Trinajstić information content (AvgIpc) is 3.33. The Bertz CT molecular complexity index is 1220. The third-order valence-electron chi connectivity index (χ3n) is 5.59. The zero-order valence-electron chi connectivity index (χ0n) is 20.4. The summed E-state index contributed by atoms with van der Waals surface area (Å²) in [4.78, 5) is 17.8. The SMILES string of the molecule is C[C@](N)(COP(=O)(O)O)C1NN=C(c2ccc(OCCCCc3ccc(C(F)(F)F)cc3)c(C(F)(F)F)c2)S1. The molecule has 8 nitrogen and oxygen atoms in total. The van der Waals surface area contributed by atoms with Crippen molar-refractivity contribution in [1.29, 1.82) is 0 Å². The molecule has 0 aromatic heterocycles. The Balaban J connectivity index is 1.58. The van der Waals surface area contributed by atoms with Crippen LogP contribution in [0.4, 0.5) is 26.3 Å². The Hall–Kier alpha value is -2.29. The lowest BCUT2D eigenvalue weighted by Gasteiger charge is -2.29. The van der Waals surface area contributed by atoms with Crippen molar-refractivity contribution in [2.24, 2.45) is 10.8 Å². The maximum absolute atomic E-state index is 13.8. The summed E-state index contributed by atoms with van der Waals surface area (Å²) in [5.74, 6) is -0.382. The summed E-state index contributed by atoms with van der Waals surface area (Å²) in [5.41, 5.74) is 6.42. The van der Waals surface area contributed by atoms with Crippen molar-refractivity contribution in [1.82, 2.24) is 5.43 Å². The van der Waals surface area contributed by atoms with Crippen molar-refractivity contribution in [3.8, 4) is 5.75 Å². The molecule has 39 heavy (non-hydrogen) atoms. The molecule has 1 aliphatic rings. The first-order valence-electron chi connectivity index (χ1n) is 11.5. The Kier molecular flexibility index (Phi) is 9.67. The van der Waals surface area contributed by atoms with Gasteiger partial charge in [0, 0.05) is 5.56 Å². The summed E-state index contributed by atoms with van der Waals surface area (Å²) in [6.45, 7) is 0.874. The first-order valence-corrected chi connectivity index (χ1v) is 13.9. The molecule has 0 fully saturated rings. The van der Waals surface area contributed by atoms with E-state index >= 15 is 0 Å². The molecule has 1 unspecified atom stereocenters. The Morgan fingerprint density at radius 1 is 1.05 bits per heavy atom. The number of nitrogens with two attached hydrogens (primary N) is 1. The molecule has 1 aliphatic heterocycles. The van der Waals surface area contributed by atoms with Crippen LogP contribution in [0, 0.1) is 0 Å². The van der Waals surface area contributed by atoms with Crippen LogP contribution in [0.1, 0.15) is 42.0 Å². The molecule has 0 bridgehead atoms. The predicted octanol–water partition coefficient (Wildman–Crippen LogP) is 5.28. The van der Waals surface area contributed by atoms with Gasteiger partial charge in [0.05, 0.1) is 29.9 Å². The van der Waals surface area contributed by atoms with Gasteiger partial charge in [-0.1, -0.05) is 23.9 Å². The monoisotopic (exact) mass is 601 g/mol. The summed E-state index contributed by atoms with van der Waals surface area (Å²) >= 11 is 0.981. The van der Waals surface area contributed by atoms with Gasteiger partial charge < -0.3 is 20.3 Å². The molecule has 1 heterocycles. The van der Waals surface area contributed by atoms with Gasteiger partial charge in [-0.2, -0.15) is 31.4 Å². The number of hydrogen-bond donors (Lipinski definition) is 4. The molecule has 2 atom stereocenters. The van der Waals surface area contributed by atoms with E-state index in [9.17, 15) is 30.9 Å². The van der Waals surface area contributed by atoms with Crippen molar-refractivity contribution in [2.45, 2.75) is 49.5 Å². The fraction of sp³-hybridized carbons (Fsp3) is 0.435. The maximum Gasteiger partial charge on any atom is 0.469 e. The zero-order chi connectivity index (χ0) is 29.1. The van der Waals surface area contributed by atoms with E-state index in [2.05, 4.69) is 15.1 Å². The highest BCUT2D eigenvalue weighted by atomic mass is 32.2. The van der Waals surface area contributed by atoms with Gasteiger partial charge in [0.2, 0.25) is 0 Å². The van der Waals surface area contributed by atoms with Crippen LogP contribution in [0.2, 0.25) is 0 Å². The minimum atomic E-state index is -4.77. The van der Waals surface area contributed by atoms with Crippen LogP contribution >= 0.6 is 19.6 Å². The van der Waals surface area contributed by atoms with Gasteiger partial charge in [-0.25, -0.2) is 4.57 Å². The number of nitrogens with one attached hydrogen (secondary N) is 1. The second-order valence-electron chi connectivity index (χ2n) is 9.02. The molecule has 0 saturated carbocycles. The minimum absolute atomic E-state index is 0.0342. The van der Waals surface area contributed by atoms with E-state index in [0.717, 1.165) is 30.0 Å². The van der Waals surface area contributed by atoms with Gasteiger partial charge in [-0.3, -0.25) is 9.95 Å². The Morgan fingerprint density at radius 3 is 2.31 bits per heavy atom. The number of phosphoric acid groups is 1. The van der Waals surface area contributed by atoms with Crippen LogP contribution in [-0.2, 0) is 27.9 Å². The number of nitrogens with zero attached hydrogens (tertiary/aromatic N) is 1. The van der Waals surface area contributed by atoms with Gasteiger partial charge >= 0.3 is 20.2 Å². The fourth-order valence-corrected chi connectivity index (χ4v) is 4.96. The number of thioether (sulfide) groups is 1. The van der Waals surface area contributed by atoms with Crippen molar-refractivity contribution in [2.75, 3.05) is 13.2 Å². The van der Waals surface area contributed by atoms with E-state index in [1.54, 1.807) is 0 Å². The molecule has 2 aromatic rings. The summed E-state index contributed by atoms with van der Waals surface area (Å²) in [6.07, 6.45) is -7.85. The van der Waals surface area contributed by atoms with Crippen molar-refractivity contribution in [3.63, 3.8) is 0 Å². The number of ether oxygens (including phenoxy) is 1. The molecule has 0 amide bonds. The lowest BCUT2D eigenvalue weighted by atomic mass is 10.1. The van der Waals surface area contributed by atoms with Crippen LogP contribution < -0.4 is 15.9 Å². The number of rotatable bonds is 11. The molecule has 0 saturated heterocycles. The molecule has 2 aromatic carbocycles. The summed E-state index contributed by atoms with van der Waals surface area (Å²) in [7, 11) is -4.77. The van der Waals surface area contributed by atoms with Crippen LogP contribution in [-0.4, -0.2) is 39.0 Å². The predicted molar refractivity (Wildman–Crippen MR) is 133 cm³/mol. The van der Waals surface area contributed by atoms with E-state index in [0.29, 0.717) is 24.8 Å². The van der Waals surface area contributed by atoms with Crippen LogP contribution in [0.15, 0.2) is 47.6 Å². The highest BCUT2D eigenvalue weighted by Crippen LogP contribution is 2.40. The topological polar surface area (TPSA) is 126 Å². The quantitative estimate of drug-likeness (QED) is 0.156. The molecule has 0 aliphatic carbocycles. The Labute approximate surface area is 224 Å². The molecule has 16 heteroatoms. The first kappa shape index (κ1) is 31.2. The number of hydrazone groups is 1. The van der Waals surface area contributed by atoms with Crippen molar-refractivity contribution in [3.05, 3.63) is 64.7 Å². The summed E-state index contributed by atoms with van der Waals surface area (Å²) < 4.78 is 100. The number of unbranched alkanes of at least 4 members (excludes halogenated alkanes) is 1. The molecule has 0 radical (unpaired) electrons. The van der Waals surface area contributed by atoms with Crippen LogP contribution in [0.25, 0.3) is 0 Å². The lowest BCUT2D eigenvalue weighted by Crippen LogP contribution is -2.54. The van der Waals surface area contributed by atoms with E-state index in [1.165, 1.54) is 31.2 Å². The summed E-state index contributed by atoms with van der Waals surface area (Å²) in [6, 6.07) is 8.14. The van der Waals surface area contributed by atoms with E-state index in [-0.39, 0.29) is 23.0 Å². The van der Waals surface area contributed by atoms with Crippen molar-refractivity contribution >= 4 is 24.6 Å². The Morgan fingerprint density at radius 2 is 1.72 bits per heavy atom. The third-order valence-corrected chi connectivity index (χ3v) is 7.48. The highest BCUT2D eigenvalue weighted by molar-refractivity contribution is 8.15. The maximum atomic E-state index is 13.8. The second kappa shape index (κ2) is 12.1. The highest BCUT2D eigenvalue weighted by Gasteiger charge is 2.39. The zero-order valence-corrected chi connectivity index (χ0v) is 22.1. The van der Waals surface area contributed by atoms with E-state index in [4.69, 9.17) is 20.3 Å². The van der Waals surface area contributed by atoms with Crippen LogP contribution in [0.5, 0.6) is 5.75 Å². The number of hydrogen-bond acceptors (Lipinski definition) is 7. The smallest absolute Gasteiger partial charge is 0.469 e. The normalized spacial score (nSPS) is 17.9. The molecule has 216 valence electrons. The molecule has 0 spiro atoms. The lowest BCUT2D eigenvalue weighted by molar-refractivity contribution is -0.139. The van der Waals surface area contributed by atoms with Crippen molar-refractivity contribution < 1.29 is 50.0 Å². The van der Waals surface area contributed by atoms with Gasteiger partial charge in [0.15, 0.2) is 0 Å². The second-order valence-corrected chi connectivity index (χ2v) is 11.4. The van der Waals surface area contributed by atoms with E-state index in [1.807, 2.05) is 0 Å². The molecular formula is C23H26F6N3O5PS. The summed E-state index contributed by atoms with van der Waals surface area (Å²) in [5, 5.41) is 3.45. The average molecular weight is 602 g/mol. The number of alkyl halides is 6. The number of benzene rings is 2. The molecular weight excluding hydrogens is 575 g/mol. The molecule has 5 N–H and O–H groups in total. The minimum Gasteiger partial charge on any atom is -0.493 e. The van der Waals surface area contributed by atoms with Crippen LogP contribution in [0.3, 0.4) is 0 Å². The fourth-order valence-electron chi connectivity index (χ4n) is 3.48.